The van der Waals surface area contributed by atoms with Gasteiger partial charge in [0.15, 0.2) is 5.82 Å². The Labute approximate surface area is 112 Å². The molecule has 0 radical (unpaired) electrons. The quantitative estimate of drug-likeness (QED) is 0.735. The molecule has 0 unspecified atom stereocenters. The second kappa shape index (κ2) is 6.65. The van der Waals surface area contributed by atoms with Crippen molar-refractivity contribution in [3.8, 4) is 0 Å². The van der Waals surface area contributed by atoms with Crippen LogP contribution in [0.2, 0.25) is 0 Å². The second-order valence-electron chi connectivity index (χ2n) is 5.05. The van der Waals surface area contributed by atoms with Crippen LogP contribution in [0.25, 0.3) is 0 Å². The number of hydrogen-bond donors (Lipinski definition) is 1. The van der Waals surface area contributed by atoms with Gasteiger partial charge in [-0.15, -0.1) is 0 Å². The van der Waals surface area contributed by atoms with E-state index >= 15 is 0 Å². The maximum atomic E-state index is 10.6. The molecule has 1 fully saturated rings. The van der Waals surface area contributed by atoms with Crippen LogP contribution >= 0.6 is 0 Å². The largest absolute Gasteiger partial charge is 0.481 e. The molecule has 1 aromatic rings. The molecule has 2 rings (SSSR count). The van der Waals surface area contributed by atoms with Gasteiger partial charge in [0.2, 0.25) is 5.89 Å². The van der Waals surface area contributed by atoms with Crippen molar-refractivity contribution >= 4 is 5.97 Å². The molecule has 106 valence electrons. The fourth-order valence-electron chi connectivity index (χ4n) is 2.03. The van der Waals surface area contributed by atoms with Crippen molar-refractivity contribution in [2.75, 3.05) is 6.54 Å². The average Bonchev–Trinajstić information content (AvgIpc) is 3.13. The van der Waals surface area contributed by atoms with E-state index in [2.05, 4.69) is 22.0 Å². The first-order valence-electron chi connectivity index (χ1n) is 6.96. The monoisotopic (exact) mass is 267 g/mol. The molecule has 1 aromatic heterocycles. The van der Waals surface area contributed by atoms with E-state index in [0.717, 1.165) is 37.9 Å². The van der Waals surface area contributed by atoms with E-state index in [1.54, 1.807) is 0 Å². The molecule has 0 bridgehead atoms. The number of aryl methyl sites for hydroxylation is 1. The normalized spacial score (nSPS) is 15.1. The van der Waals surface area contributed by atoms with Gasteiger partial charge >= 0.3 is 5.97 Å². The molecule has 6 heteroatoms. The minimum Gasteiger partial charge on any atom is -0.481 e. The summed E-state index contributed by atoms with van der Waals surface area (Å²) in [7, 11) is 0. The lowest BCUT2D eigenvalue weighted by atomic mass is 10.2. The van der Waals surface area contributed by atoms with Crippen molar-refractivity contribution in [1.82, 2.24) is 15.0 Å². The molecule has 0 spiro atoms. The van der Waals surface area contributed by atoms with Gasteiger partial charge in [0, 0.05) is 19.0 Å². The molecular formula is C13H21N3O3. The van der Waals surface area contributed by atoms with Crippen LogP contribution in [0.5, 0.6) is 0 Å². The summed E-state index contributed by atoms with van der Waals surface area (Å²) in [4.78, 5) is 17.1. The van der Waals surface area contributed by atoms with Crippen molar-refractivity contribution in [3.63, 3.8) is 0 Å². The van der Waals surface area contributed by atoms with E-state index in [9.17, 15) is 4.79 Å². The Hall–Kier alpha value is -1.43. The number of carboxylic acids is 1. The van der Waals surface area contributed by atoms with Gasteiger partial charge in [-0.3, -0.25) is 9.69 Å². The Balaban J connectivity index is 1.85. The second-order valence-corrected chi connectivity index (χ2v) is 5.05. The number of nitrogens with zero attached hydrogens (tertiary/aromatic N) is 3. The summed E-state index contributed by atoms with van der Waals surface area (Å²) >= 11 is 0. The third-order valence-corrected chi connectivity index (χ3v) is 3.28. The highest BCUT2D eigenvalue weighted by Crippen LogP contribution is 2.28. The van der Waals surface area contributed by atoms with E-state index in [1.807, 2.05) is 0 Å². The smallest absolute Gasteiger partial charge is 0.304 e. The number of hydrogen-bond acceptors (Lipinski definition) is 5. The average molecular weight is 267 g/mol. The highest BCUT2D eigenvalue weighted by atomic mass is 16.5. The lowest BCUT2D eigenvalue weighted by Crippen LogP contribution is -2.28. The summed E-state index contributed by atoms with van der Waals surface area (Å²) in [5, 5.41) is 12.7. The first-order valence-corrected chi connectivity index (χ1v) is 6.96. The minimum absolute atomic E-state index is 0.160. The first-order chi connectivity index (χ1) is 9.19. The van der Waals surface area contributed by atoms with Gasteiger partial charge in [-0.2, -0.15) is 4.98 Å². The van der Waals surface area contributed by atoms with Crippen LogP contribution in [0.4, 0.5) is 0 Å². The number of carboxylic acid groups (broad SMARTS) is 1. The van der Waals surface area contributed by atoms with E-state index in [-0.39, 0.29) is 6.42 Å². The van der Waals surface area contributed by atoms with Crippen LogP contribution in [0.3, 0.4) is 0 Å². The highest BCUT2D eigenvalue weighted by Gasteiger charge is 2.30. The Morgan fingerprint density at radius 3 is 2.95 bits per heavy atom. The zero-order chi connectivity index (χ0) is 13.7. The van der Waals surface area contributed by atoms with Crippen molar-refractivity contribution in [2.45, 2.75) is 58.0 Å². The van der Waals surface area contributed by atoms with Gasteiger partial charge in [-0.25, -0.2) is 0 Å². The Morgan fingerprint density at radius 1 is 1.53 bits per heavy atom. The fraction of sp³-hybridized carbons (Fsp3) is 0.769. The molecule has 1 aliphatic carbocycles. The fourth-order valence-corrected chi connectivity index (χ4v) is 2.03. The van der Waals surface area contributed by atoms with Crippen LogP contribution in [-0.2, 0) is 17.8 Å². The van der Waals surface area contributed by atoms with Gasteiger partial charge in [-0.05, 0) is 19.3 Å². The van der Waals surface area contributed by atoms with Crippen LogP contribution in [0, 0.1) is 0 Å². The molecule has 0 saturated heterocycles. The van der Waals surface area contributed by atoms with Crippen LogP contribution in [0.1, 0.15) is 50.7 Å². The van der Waals surface area contributed by atoms with Crippen molar-refractivity contribution in [1.29, 1.82) is 0 Å². The van der Waals surface area contributed by atoms with Gasteiger partial charge in [0.05, 0.1) is 13.0 Å². The number of aromatic nitrogens is 2. The summed E-state index contributed by atoms with van der Waals surface area (Å²) in [6.07, 6.45) is 5.44. The minimum atomic E-state index is -0.764. The third-order valence-electron chi connectivity index (χ3n) is 3.28. The molecule has 1 aliphatic rings. The summed E-state index contributed by atoms with van der Waals surface area (Å²) < 4.78 is 5.23. The lowest BCUT2D eigenvalue weighted by Gasteiger charge is -2.18. The molecule has 0 amide bonds. The zero-order valence-electron chi connectivity index (χ0n) is 11.3. The van der Waals surface area contributed by atoms with Crippen molar-refractivity contribution in [2.24, 2.45) is 0 Å². The summed E-state index contributed by atoms with van der Waals surface area (Å²) in [6.45, 7) is 3.24. The van der Waals surface area contributed by atoms with Gasteiger partial charge in [0.1, 0.15) is 0 Å². The number of rotatable bonds is 9. The van der Waals surface area contributed by atoms with E-state index in [1.165, 1.54) is 0 Å². The molecule has 0 atom stereocenters. The summed E-state index contributed by atoms with van der Waals surface area (Å²) in [6, 6.07) is 0.491. The molecule has 0 aliphatic heterocycles. The maximum Gasteiger partial charge on any atom is 0.304 e. The molecule has 1 N–H and O–H groups in total. The first kappa shape index (κ1) is 14.0. The molecule has 1 heterocycles. The Kier molecular flexibility index (Phi) is 4.90. The number of aliphatic carboxylic acids is 1. The molecular weight excluding hydrogens is 246 g/mol. The maximum absolute atomic E-state index is 10.6. The number of unbranched alkanes of at least 4 members (excludes halogenated alkanes) is 1. The predicted octanol–water partition coefficient (Wildman–Crippen LogP) is 1.85. The van der Waals surface area contributed by atoms with Crippen LogP contribution < -0.4 is 0 Å². The third kappa shape index (κ3) is 4.63. The highest BCUT2D eigenvalue weighted by molar-refractivity contribution is 5.66. The zero-order valence-corrected chi connectivity index (χ0v) is 11.3. The van der Waals surface area contributed by atoms with Crippen molar-refractivity contribution < 1.29 is 14.4 Å². The molecule has 19 heavy (non-hydrogen) atoms. The summed E-state index contributed by atoms with van der Waals surface area (Å²) in [5.74, 6) is 0.592. The molecule has 6 nitrogen and oxygen atoms in total. The van der Waals surface area contributed by atoms with Crippen LogP contribution in [0.15, 0.2) is 4.52 Å². The van der Waals surface area contributed by atoms with E-state index in [0.29, 0.717) is 25.0 Å². The predicted molar refractivity (Wildman–Crippen MR) is 68.6 cm³/mol. The number of carbonyl (C=O) groups is 1. The van der Waals surface area contributed by atoms with Gasteiger partial charge in [0.25, 0.3) is 0 Å². The van der Waals surface area contributed by atoms with Crippen LogP contribution in [-0.4, -0.2) is 38.7 Å². The topological polar surface area (TPSA) is 79.5 Å². The Morgan fingerprint density at radius 2 is 2.32 bits per heavy atom. The van der Waals surface area contributed by atoms with E-state index < -0.39 is 5.97 Å². The van der Waals surface area contributed by atoms with Gasteiger partial charge in [-0.1, -0.05) is 18.5 Å². The van der Waals surface area contributed by atoms with Gasteiger partial charge < -0.3 is 9.63 Å². The van der Waals surface area contributed by atoms with E-state index in [4.69, 9.17) is 9.63 Å². The molecule has 0 aromatic carbocycles. The summed E-state index contributed by atoms with van der Waals surface area (Å²) in [5.41, 5.74) is 0. The Bertz CT molecular complexity index is 415. The standard InChI is InChI=1S/C13H21N3O3/c1-2-3-4-11-14-12(19-15-11)9-16(10-5-6-10)8-7-13(17)18/h10H,2-9H2,1H3,(H,17,18). The van der Waals surface area contributed by atoms with Crippen molar-refractivity contribution in [3.05, 3.63) is 11.7 Å². The lowest BCUT2D eigenvalue weighted by molar-refractivity contribution is -0.137. The SMILES string of the molecule is CCCCc1noc(CN(CCC(=O)O)C2CC2)n1. The molecule has 1 saturated carbocycles.